The average molecular weight is 318 g/mol. The summed E-state index contributed by atoms with van der Waals surface area (Å²) in [7, 11) is 0. The van der Waals surface area contributed by atoms with Crippen molar-refractivity contribution in [2.45, 2.75) is 6.61 Å². The van der Waals surface area contributed by atoms with Crippen LogP contribution in [0.2, 0.25) is 0 Å². The summed E-state index contributed by atoms with van der Waals surface area (Å²) in [5, 5.41) is 6.76. The Morgan fingerprint density at radius 3 is 2.61 bits per heavy atom. The highest BCUT2D eigenvalue weighted by Crippen LogP contribution is 2.26. The van der Waals surface area contributed by atoms with Crippen LogP contribution in [0.1, 0.15) is 5.56 Å². The lowest BCUT2D eigenvalue weighted by molar-refractivity contribution is -0.0521. The molecule has 0 atom stereocenters. The van der Waals surface area contributed by atoms with Gasteiger partial charge in [0.05, 0.1) is 0 Å². The number of aromatic amines is 1. The van der Waals surface area contributed by atoms with E-state index >= 15 is 0 Å². The maximum atomic E-state index is 13.8. The third-order valence-corrected chi connectivity index (χ3v) is 3.09. The molecule has 3 rings (SSSR count). The van der Waals surface area contributed by atoms with Crippen molar-refractivity contribution in [2.24, 2.45) is 0 Å². The SMILES string of the molecule is [CH2]c1cccc(-c2n[nH]c(-c3ccc(OC(F)F)c(F)c3)n2)c1. The van der Waals surface area contributed by atoms with Crippen LogP contribution in [0.25, 0.3) is 22.8 Å². The number of H-pyrrole nitrogens is 1. The number of hydrogen-bond donors (Lipinski definition) is 1. The van der Waals surface area contributed by atoms with Gasteiger partial charge in [0, 0.05) is 11.1 Å². The molecule has 0 bridgehead atoms. The summed E-state index contributed by atoms with van der Waals surface area (Å²) in [6, 6.07) is 10.9. The smallest absolute Gasteiger partial charge is 0.387 e. The van der Waals surface area contributed by atoms with Crippen molar-refractivity contribution in [3.63, 3.8) is 0 Å². The first-order valence-corrected chi connectivity index (χ1v) is 6.62. The quantitative estimate of drug-likeness (QED) is 0.789. The Kier molecular flexibility index (Phi) is 4.01. The van der Waals surface area contributed by atoms with E-state index < -0.39 is 18.2 Å². The maximum absolute atomic E-state index is 13.8. The number of hydrogen-bond acceptors (Lipinski definition) is 3. The number of ether oxygens (including phenoxy) is 1. The molecular formula is C16H11F3N3O. The molecule has 23 heavy (non-hydrogen) atoms. The predicted octanol–water partition coefficient (Wildman–Crippen LogP) is 4.06. The number of rotatable bonds is 4. The van der Waals surface area contributed by atoms with E-state index in [0.29, 0.717) is 17.2 Å². The standard InChI is InChI=1S/C16H11F3N3O/c1-9-3-2-4-10(7-9)14-20-15(22-21-14)11-5-6-13(12(17)8-11)23-16(18)19/h2-8,16H,1H2,(H,20,21,22). The van der Waals surface area contributed by atoms with Gasteiger partial charge in [-0.05, 0) is 36.8 Å². The lowest BCUT2D eigenvalue weighted by Gasteiger charge is -2.06. The first-order chi connectivity index (χ1) is 11.0. The van der Waals surface area contributed by atoms with Gasteiger partial charge in [-0.3, -0.25) is 5.10 Å². The largest absolute Gasteiger partial charge is 0.432 e. The number of nitrogens with zero attached hydrogens (tertiary/aromatic N) is 2. The van der Waals surface area contributed by atoms with Gasteiger partial charge in [0.15, 0.2) is 23.2 Å². The van der Waals surface area contributed by atoms with Crippen molar-refractivity contribution in [1.82, 2.24) is 15.2 Å². The van der Waals surface area contributed by atoms with E-state index in [1.165, 1.54) is 6.07 Å². The van der Waals surface area contributed by atoms with Crippen LogP contribution in [0.4, 0.5) is 13.2 Å². The minimum absolute atomic E-state index is 0.317. The molecule has 0 saturated carbocycles. The number of alkyl halides is 2. The molecule has 0 aliphatic heterocycles. The zero-order valence-electron chi connectivity index (χ0n) is 11.8. The summed E-state index contributed by atoms with van der Waals surface area (Å²) in [5.74, 6) is -0.676. The van der Waals surface area contributed by atoms with Crippen LogP contribution in [-0.2, 0) is 0 Å². The van der Waals surface area contributed by atoms with Gasteiger partial charge in [-0.25, -0.2) is 9.37 Å². The molecule has 1 radical (unpaired) electrons. The molecular weight excluding hydrogens is 307 g/mol. The van der Waals surface area contributed by atoms with Crippen LogP contribution in [-0.4, -0.2) is 21.8 Å². The van der Waals surface area contributed by atoms with E-state index in [4.69, 9.17) is 0 Å². The van der Waals surface area contributed by atoms with Crippen molar-refractivity contribution in [1.29, 1.82) is 0 Å². The summed E-state index contributed by atoms with van der Waals surface area (Å²) in [4.78, 5) is 4.27. The molecule has 0 aliphatic carbocycles. The van der Waals surface area contributed by atoms with Crippen LogP contribution < -0.4 is 4.74 Å². The summed E-state index contributed by atoms with van der Waals surface area (Å²) in [6.07, 6.45) is 0. The zero-order chi connectivity index (χ0) is 16.4. The number of benzene rings is 2. The zero-order valence-corrected chi connectivity index (χ0v) is 11.8. The highest BCUT2D eigenvalue weighted by Gasteiger charge is 2.13. The fourth-order valence-electron chi connectivity index (χ4n) is 2.07. The van der Waals surface area contributed by atoms with E-state index in [-0.39, 0.29) is 0 Å². The highest BCUT2D eigenvalue weighted by atomic mass is 19.3. The van der Waals surface area contributed by atoms with Crippen molar-refractivity contribution in [3.05, 3.63) is 60.8 Å². The summed E-state index contributed by atoms with van der Waals surface area (Å²) >= 11 is 0. The van der Waals surface area contributed by atoms with Gasteiger partial charge in [-0.2, -0.15) is 13.9 Å². The van der Waals surface area contributed by atoms with Crippen LogP contribution in [0.3, 0.4) is 0 Å². The minimum atomic E-state index is -3.08. The van der Waals surface area contributed by atoms with Crippen LogP contribution in [0.5, 0.6) is 5.75 Å². The van der Waals surface area contributed by atoms with E-state index in [1.54, 1.807) is 0 Å². The molecule has 1 N–H and O–H groups in total. The van der Waals surface area contributed by atoms with E-state index in [0.717, 1.165) is 23.3 Å². The van der Waals surface area contributed by atoms with Gasteiger partial charge in [0.2, 0.25) is 0 Å². The third kappa shape index (κ3) is 3.33. The molecule has 0 saturated heterocycles. The monoisotopic (exact) mass is 318 g/mol. The second-order valence-corrected chi connectivity index (χ2v) is 4.73. The summed E-state index contributed by atoms with van der Waals surface area (Å²) < 4.78 is 42.1. The normalized spacial score (nSPS) is 11.0. The van der Waals surface area contributed by atoms with Gasteiger partial charge in [0.25, 0.3) is 0 Å². The Morgan fingerprint density at radius 2 is 1.91 bits per heavy atom. The van der Waals surface area contributed by atoms with Crippen LogP contribution in [0.15, 0.2) is 42.5 Å². The Bertz CT molecular complexity index is 833. The molecule has 0 amide bonds. The second kappa shape index (κ2) is 6.12. The number of nitrogens with one attached hydrogen (secondary N) is 1. The lowest BCUT2D eigenvalue weighted by Crippen LogP contribution is -2.03. The van der Waals surface area contributed by atoms with E-state index in [2.05, 4.69) is 26.8 Å². The maximum Gasteiger partial charge on any atom is 0.387 e. The molecule has 1 heterocycles. The molecule has 0 spiro atoms. The van der Waals surface area contributed by atoms with Crippen LogP contribution >= 0.6 is 0 Å². The molecule has 0 aliphatic rings. The fourth-order valence-corrected chi connectivity index (χ4v) is 2.07. The first kappa shape index (κ1) is 15.1. The second-order valence-electron chi connectivity index (χ2n) is 4.73. The third-order valence-electron chi connectivity index (χ3n) is 3.09. The number of aromatic nitrogens is 3. The molecule has 2 aromatic carbocycles. The Balaban J connectivity index is 1.90. The summed E-state index contributed by atoms with van der Waals surface area (Å²) in [6.45, 7) is 0.745. The first-order valence-electron chi connectivity index (χ1n) is 6.62. The molecule has 7 heteroatoms. The summed E-state index contributed by atoms with van der Waals surface area (Å²) in [5.41, 5.74) is 1.94. The molecule has 0 fully saturated rings. The van der Waals surface area contributed by atoms with Gasteiger partial charge in [0.1, 0.15) is 0 Å². The molecule has 3 aromatic rings. The van der Waals surface area contributed by atoms with E-state index in [1.807, 2.05) is 24.3 Å². The van der Waals surface area contributed by atoms with E-state index in [9.17, 15) is 13.2 Å². The predicted molar refractivity (Wildman–Crippen MR) is 78.3 cm³/mol. The van der Waals surface area contributed by atoms with Gasteiger partial charge in [-0.1, -0.05) is 18.2 Å². The van der Waals surface area contributed by atoms with Crippen molar-refractivity contribution in [2.75, 3.05) is 0 Å². The Morgan fingerprint density at radius 1 is 1.09 bits per heavy atom. The van der Waals surface area contributed by atoms with Gasteiger partial charge >= 0.3 is 6.61 Å². The Hall–Kier alpha value is -2.83. The fraction of sp³-hybridized carbons (Fsp3) is 0.0625. The molecule has 0 unspecified atom stereocenters. The van der Waals surface area contributed by atoms with Gasteiger partial charge in [-0.15, -0.1) is 0 Å². The van der Waals surface area contributed by atoms with Crippen molar-refractivity contribution in [3.8, 4) is 28.5 Å². The van der Waals surface area contributed by atoms with Crippen LogP contribution in [0, 0.1) is 12.7 Å². The van der Waals surface area contributed by atoms with Gasteiger partial charge < -0.3 is 4.74 Å². The van der Waals surface area contributed by atoms with Crippen molar-refractivity contribution < 1.29 is 17.9 Å². The Labute approximate surface area is 130 Å². The van der Waals surface area contributed by atoms with Crippen molar-refractivity contribution >= 4 is 0 Å². The molecule has 4 nitrogen and oxygen atoms in total. The topological polar surface area (TPSA) is 50.8 Å². The minimum Gasteiger partial charge on any atom is -0.432 e. The molecule has 117 valence electrons. The average Bonchev–Trinajstić information content (AvgIpc) is 2.99. The number of halogens is 3. The lowest BCUT2D eigenvalue weighted by atomic mass is 10.1. The molecule has 1 aromatic heterocycles. The highest BCUT2D eigenvalue weighted by molar-refractivity contribution is 5.62.